The Hall–Kier alpha value is -2.34. The third kappa shape index (κ3) is 2.92. The Morgan fingerprint density at radius 1 is 1.42 bits per heavy atom. The number of aromatic nitrogens is 2. The number of rotatable bonds is 3. The van der Waals surface area contributed by atoms with Crippen LogP contribution in [0.5, 0.6) is 11.6 Å². The standard InChI is InChI=1S/C12H11ClN4O2/c1-7-2-3-10(9(13)6-7)19-12-8(11(14)17-18)4-5-15-16-12/h2-6,18H,1H3,(H2,14,17). The van der Waals surface area contributed by atoms with Gasteiger partial charge in [-0.05, 0) is 30.7 Å². The Morgan fingerprint density at radius 3 is 2.89 bits per heavy atom. The first kappa shape index (κ1) is 13.1. The molecule has 0 bridgehead atoms. The molecule has 7 heteroatoms. The quantitative estimate of drug-likeness (QED) is 0.389. The number of nitrogens with zero attached hydrogens (tertiary/aromatic N) is 3. The Morgan fingerprint density at radius 2 is 2.21 bits per heavy atom. The summed E-state index contributed by atoms with van der Waals surface area (Å²) in [5, 5.41) is 19.6. The predicted octanol–water partition coefficient (Wildman–Crippen LogP) is 2.33. The molecule has 98 valence electrons. The van der Waals surface area contributed by atoms with E-state index in [2.05, 4.69) is 15.4 Å². The smallest absolute Gasteiger partial charge is 0.250 e. The van der Waals surface area contributed by atoms with Gasteiger partial charge in [-0.2, -0.15) is 5.10 Å². The first-order valence-electron chi connectivity index (χ1n) is 5.35. The van der Waals surface area contributed by atoms with E-state index in [0.29, 0.717) is 16.3 Å². The highest BCUT2D eigenvalue weighted by molar-refractivity contribution is 6.32. The minimum absolute atomic E-state index is 0.114. The van der Waals surface area contributed by atoms with Gasteiger partial charge in [0, 0.05) is 0 Å². The van der Waals surface area contributed by atoms with Crippen molar-refractivity contribution in [2.24, 2.45) is 10.9 Å². The van der Waals surface area contributed by atoms with Crippen LogP contribution in [-0.2, 0) is 0 Å². The van der Waals surface area contributed by atoms with Gasteiger partial charge in [0.1, 0.15) is 5.75 Å². The van der Waals surface area contributed by atoms with Crippen LogP contribution in [0.3, 0.4) is 0 Å². The van der Waals surface area contributed by atoms with Crippen LogP contribution >= 0.6 is 11.6 Å². The highest BCUT2D eigenvalue weighted by Gasteiger charge is 2.12. The van der Waals surface area contributed by atoms with Crippen LogP contribution in [0.25, 0.3) is 0 Å². The molecule has 2 rings (SSSR count). The van der Waals surface area contributed by atoms with E-state index in [9.17, 15) is 0 Å². The molecule has 3 N–H and O–H groups in total. The maximum atomic E-state index is 8.70. The fraction of sp³-hybridized carbons (Fsp3) is 0.0833. The fourth-order valence-corrected chi connectivity index (χ4v) is 1.71. The van der Waals surface area contributed by atoms with E-state index < -0.39 is 0 Å². The van der Waals surface area contributed by atoms with Crippen molar-refractivity contribution in [2.45, 2.75) is 6.92 Å². The zero-order valence-corrected chi connectivity index (χ0v) is 10.8. The maximum absolute atomic E-state index is 8.70. The van der Waals surface area contributed by atoms with E-state index in [-0.39, 0.29) is 11.7 Å². The van der Waals surface area contributed by atoms with Gasteiger partial charge in [-0.25, -0.2) is 0 Å². The van der Waals surface area contributed by atoms with Crippen molar-refractivity contribution in [1.29, 1.82) is 0 Å². The topological polar surface area (TPSA) is 93.6 Å². The number of halogens is 1. The molecule has 0 unspecified atom stereocenters. The van der Waals surface area contributed by atoms with Crippen molar-refractivity contribution >= 4 is 17.4 Å². The van der Waals surface area contributed by atoms with Crippen LogP contribution in [0.4, 0.5) is 0 Å². The summed E-state index contributed by atoms with van der Waals surface area (Å²) in [5.41, 5.74) is 6.87. The van der Waals surface area contributed by atoms with Crippen molar-refractivity contribution < 1.29 is 9.94 Å². The van der Waals surface area contributed by atoms with Gasteiger partial charge in [0.2, 0.25) is 5.88 Å². The molecular formula is C12H11ClN4O2. The molecule has 19 heavy (non-hydrogen) atoms. The van der Waals surface area contributed by atoms with Crippen molar-refractivity contribution in [3.05, 3.63) is 46.6 Å². The van der Waals surface area contributed by atoms with Crippen molar-refractivity contribution in [3.8, 4) is 11.6 Å². The van der Waals surface area contributed by atoms with Gasteiger partial charge >= 0.3 is 0 Å². The number of hydrogen-bond acceptors (Lipinski definition) is 5. The molecule has 0 aliphatic heterocycles. The molecule has 0 amide bonds. The molecule has 1 aromatic carbocycles. The van der Waals surface area contributed by atoms with Gasteiger partial charge in [0.15, 0.2) is 5.84 Å². The zero-order valence-electron chi connectivity index (χ0n) is 10.0. The molecule has 0 radical (unpaired) electrons. The predicted molar refractivity (Wildman–Crippen MR) is 70.8 cm³/mol. The van der Waals surface area contributed by atoms with Crippen LogP contribution in [0.15, 0.2) is 35.6 Å². The number of oxime groups is 1. The lowest BCUT2D eigenvalue weighted by atomic mass is 10.2. The van der Waals surface area contributed by atoms with Gasteiger partial charge in [-0.3, -0.25) is 0 Å². The largest absolute Gasteiger partial charge is 0.435 e. The van der Waals surface area contributed by atoms with Gasteiger partial charge in [0.25, 0.3) is 0 Å². The summed E-state index contributed by atoms with van der Waals surface area (Å²) < 4.78 is 5.54. The van der Waals surface area contributed by atoms with E-state index in [1.54, 1.807) is 12.1 Å². The first-order valence-corrected chi connectivity index (χ1v) is 5.73. The first-order chi connectivity index (χ1) is 9.11. The monoisotopic (exact) mass is 278 g/mol. The summed E-state index contributed by atoms with van der Waals surface area (Å²) in [7, 11) is 0. The molecule has 0 atom stereocenters. The van der Waals surface area contributed by atoms with E-state index >= 15 is 0 Å². The zero-order chi connectivity index (χ0) is 13.8. The molecule has 0 spiro atoms. The molecular weight excluding hydrogens is 268 g/mol. The summed E-state index contributed by atoms with van der Waals surface area (Å²) >= 11 is 6.06. The average molecular weight is 279 g/mol. The molecule has 1 aromatic heterocycles. The van der Waals surface area contributed by atoms with Gasteiger partial charge in [-0.15, -0.1) is 5.10 Å². The minimum atomic E-state index is -0.117. The van der Waals surface area contributed by atoms with Crippen LogP contribution in [0.2, 0.25) is 5.02 Å². The lowest BCUT2D eigenvalue weighted by molar-refractivity contribution is 0.318. The Labute approximate surface area is 114 Å². The van der Waals surface area contributed by atoms with E-state index in [4.69, 9.17) is 27.3 Å². The maximum Gasteiger partial charge on any atom is 0.250 e. The number of aryl methyl sites for hydroxylation is 1. The van der Waals surface area contributed by atoms with Gasteiger partial charge in [0.05, 0.1) is 16.8 Å². The number of amidine groups is 1. The Balaban J connectivity index is 2.38. The van der Waals surface area contributed by atoms with E-state index in [0.717, 1.165) is 5.56 Å². The van der Waals surface area contributed by atoms with Gasteiger partial charge in [-0.1, -0.05) is 22.8 Å². The Kier molecular flexibility index (Phi) is 3.82. The molecule has 1 heterocycles. The van der Waals surface area contributed by atoms with E-state index in [1.165, 1.54) is 12.3 Å². The number of ether oxygens (including phenoxy) is 1. The summed E-state index contributed by atoms with van der Waals surface area (Å²) in [6, 6.07) is 6.85. The highest BCUT2D eigenvalue weighted by Crippen LogP contribution is 2.30. The second-order valence-electron chi connectivity index (χ2n) is 3.77. The average Bonchev–Trinajstić information content (AvgIpc) is 2.41. The normalized spacial score (nSPS) is 11.4. The SMILES string of the molecule is Cc1ccc(Oc2nnccc2/C(N)=N/O)c(Cl)c1. The summed E-state index contributed by atoms with van der Waals surface area (Å²) in [5.74, 6) is 0.413. The summed E-state index contributed by atoms with van der Waals surface area (Å²) in [6.45, 7) is 1.92. The third-order valence-electron chi connectivity index (χ3n) is 2.36. The molecule has 0 aliphatic carbocycles. The van der Waals surface area contributed by atoms with Crippen LogP contribution < -0.4 is 10.5 Å². The molecule has 0 aliphatic rings. The molecule has 0 saturated heterocycles. The Bertz CT molecular complexity index is 631. The lowest BCUT2D eigenvalue weighted by Gasteiger charge is -2.09. The lowest BCUT2D eigenvalue weighted by Crippen LogP contribution is -2.15. The summed E-state index contributed by atoms with van der Waals surface area (Å²) in [6.07, 6.45) is 1.41. The second-order valence-corrected chi connectivity index (χ2v) is 4.18. The fourth-order valence-electron chi connectivity index (χ4n) is 1.44. The molecule has 0 fully saturated rings. The third-order valence-corrected chi connectivity index (χ3v) is 2.66. The van der Waals surface area contributed by atoms with Crippen LogP contribution in [-0.4, -0.2) is 21.2 Å². The molecule has 6 nitrogen and oxygen atoms in total. The molecule has 0 saturated carbocycles. The number of nitrogens with two attached hydrogens (primary N) is 1. The van der Waals surface area contributed by atoms with Crippen LogP contribution in [0.1, 0.15) is 11.1 Å². The van der Waals surface area contributed by atoms with Crippen LogP contribution in [0, 0.1) is 6.92 Å². The van der Waals surface area contributed by atoms with E-state index in [1.807, 2.05) is 13.0 Å². The van der Waals surface area contributed by atoms with Crippen molar-refractivity contribution in [1.82, 2.24) is 10.2 Å². The van der Waals surface area contributed by atoms with Crippen molar-refractivity contribution in [3.63, 3.8) is 0 Å². The number of hydrogen-bond donors (Lipinski definition) is 2. The summed E-state index contributed by atoms with van der Waals surface area (Å²) in [4.78, 5) is 0. The molecule has 2 aromatic rings. The minimum Gasteiger partial charge on any atom is -0.435 e. The van der Waals surface area contributed by atoms with Crippen molar-refractivity contribution in [2.75, 3.05) is 0 Å². The second kappa shape index (κ2) is 5.53. The van der Waals surface area contributed by atoms with Gasteiger partial charge < -0.3 is 15.7 Å². The highest BCUT2D eigenvalue weighted by atomic mass is 35.5. The number of benzene rings is 1.